The highest BCUT2D eigenvalue weighted by molar-refractivity contribution is 5.37. The number of aromatic hydroxyl groups is 1. The lowest BCUT2D eigenvalue weighted by atomic mass is 10.2. The lowest BCUT2D eigenvalue weighted by Gasteiger charge is -2.05. The molecule has 1 aromatic heterocycles. The summed E-state index contributed by atoms with van der Waals surface area (Å²) in [4.78, 5) is 0. The predicted octanol–water partition coefficient (Wildman–Crippen LogP) is 2.10. The van der Waals surface area contributed by atoms with Gasteiger partial charge in [0.25, 0.3) is 0 Å². The Bertz CT molecular complexity index is 468. The van der Waals surface area contributed by atoms with Crippen LogP contribution in [0, 0.1) is 6.92 Å². The molecule has 16 heavy (non-hydrogen) atoms. The highest BCUT2D eigenvalue weighted by Crippen LogP contribution is 2.11. The Labute approximate surface area is 94.0 Å². The molecule has 0 atom stereocenters. The van der Waals surface area contributed by atoms with Crippen LogP contribution in [0.4, 0.5) is 5.82 Å². The van der Waals surface area contributed by atoms with Gasteiger partial charge in [-0.1, -0.05) is 12.1 Å². The smallest absolute Gasteiger partial charge is 0.149 e. The molecule has 4 heteroatoms. The highest BCUT2D eigenvalue weighted by atomic mass is 16.3. The number of nitrogens with one attached hydrogen (secondary N) is 1. The number of phenols is 1. The monoisotopic (exact) mass is 215 g/mol. The normalized spacial score (nSPS) is 10.1. The first kappa shape index (κ1) is 10.4. The van der Waals surface area contributed by atoms with Crippen molar-refractivity contribution in [1.29, 1.82) is 0 Å². The Balaban J connectivity index is 1.99. The number of benzene rings is 1. The third-order valence-corrected chi connectivity index (χ3v) is 2.20. The van der Waals surface area contributed by atoms with Crippen molar-refractivity contribution >= 4 is 5.82 Å². The minimum Gasteiger partial charge on any atom is -0.508 e. The van der Waals surface area contributed by atoms with E-state index in [9.17, 15) is 0 Å². The Morgan fingerprint density at radius 2 is 2.00 bits per heavy atom. The number of hydrogen-bond acceptors (Lipinski definition) is 4. The summed E-state index contributed by atoms with van der Waals surface area (Å²) in [5.41, 5.74) is 2.16. The van der Waals surface area contributed by atoms with Crippen molar-refractivity contribution in [3.8, 4) is 5.75 Å². The average Bonchev–Trinajstić information content (AvgIpc) is 2.28. The zero-order chi connectivity index (χ0) is 11.4. The largest absolute Gasteiger partial charge is 0.508 e. The molecule has 2 rings (SSSR count). The molecular weight excluding hydrogens is 202 g/mol. The fourth-order valence-electron chi connectivity index (χ4n) is 1.36. The quantitative estimate of drug-likeness (QED) is 0.823. The Kier molecular flexibility index (Phi) is 3.00. The van der Waals surface area contributed by atoms with Crippen molar-refractivity contribution < 1.29 is 5.11 Å². The third-order valence-electron chi connectivity index (χ3n) is 2.20. The first-order valence-electron chi connectivity index (χ1n) is 5.05. The zero-order valence-electron chi connectivity index (χ0n) is 9.01. The summed E-state index contributed by atoms with van der Waals surface area (Å²) in [5, 5.41) is 20.1. The van der Waals surface area contributed by atoms with E-state index in [0.29, 0.717) is 6.54 Å². The van der Waals surface area contributed by atoms with E-state index in [1.807, 2.05) is 25.1 Å². The lowest BCUT2D eigenvalue weighted by Crippen LogP contribution is -2.02. The maximum atomic E-state index is 9.14. The van der Waals surface area contributed by atoms with Crippen LogP contribution >= 0.6 is 0 Å². The van der Waals surface area contributed by atoms with Gasteiger partial charge in [0.1, 0.15) is 11.6 Å². The van der Waals surface area contributed by atoms with E-state index in [4.69, 9.17) is 5.11 Å². The van der Waals surface area contributed by atoms with Crippen LogP contribution < -0.4 is 5.32 Å². The number of nitrogens with zero attached hydrogens (tertiary/aromatic N) is 2. The van der Waals surface area contributed by atoms with Crippen molar-refractivity contribution in [3.05, 3.63) is 47.7 Å². The number of anilines is 1. The standard InChI is InChI=1S/C12H13N3O/c1-9-6-12(15-14-7-9)13-8-10-2-4-11(16)5-3-10/h2-7,16H,8H2,1H3,(H,13,15). The highest BCUT2D eigenvalue weighted by Gasteiger charge is 1.96. The van der Waals surface area contributed by atoms with Gasteiger partial charge in [0, 0.05) is 6.54 Å². The number of hydrogen-bond donors (Lipinski definition) is 2. The predicted molar refractivity (Wildman–Crippen MR) is 62.2 cm³/mol. The van der Waals surface area contributed by atoms with Gasteiger partial charge in [0.15, 0.2) is 0 Å². The van der Waals surface area contributed by atoms with Crippen molar-refractivity contribution in [2.45, 2.75) is 13.5 Å². The maximum absolute atomic E-state index is 9.14. The zero-order valence-corrected chi connectivity index (χ0v) is 9.01. The van der Waals surface area contributed by atoms with Crippen molar-refractivity contribution in [1.82, 2.24) is 10.2 Å². The molecule has 2 N–H and O–H groups in total. The van der Waals surface area contributed by atoms with E-state index in [1.165, 1.54) is 0 Å². The van der Waals surface area contributed by atoms with Gasteiger partial charge in [-0.3, -0.25) is 0 Å². The molecule has 0 saturated heterocycles. The van der Waals surface area contributed by atoms with E-state index < -0.39 is 0 Å². The van der Waals surface area contributed by atoms with Crippen LogP contribution in [0.2, 0.25) is 0 Å². The van der Waals surface area contributed by atoms with Crippen molar-refractivity contribution in [3.63, 3.8) is 0 Å². The van der Waals surface area contributed by atoms with E-state index in [0.717, 1.165) is 16.9 Å². The number of aromatic nitrogens is 2. The van der Waals surface area contributed by atoms with Crippen LogP contribution in [0.15, 0.2) is 36.5 Å². The molecule has 2 aromatic rings. The van der Waals surface area contributed by atoms with Crippen LogP contribution in [-0.4, -0.2) is 15.3 Å². The fourth-order valence-corrected chi connectivity index (χ4v) is 1.36. The molecule has 1 aromatic carbocycles. The number of phenolic OH excluding ortho intramolecular Hbond substituents is 1. The maximum Gasteiger partial charge on any atom is 0.149 e. The van der Waals surface area contributed by atoms with Gasteiger partial charge in [-0.05, 0) is 36.2 Å². The number of aryl methyl sites for hydroxylation is 1. The Morgan fingerprint density at radius 3 is 2.69 bits per heavy atom. The molecule has 4 nitrogen and oxygen atoms in total. The molecule has 1 heterocycles. The summed E-state index contributed by atoms with van der Waals surface area (Å²) < 4.78 is 0. The molecule has 0 spiro atoms. The second-order valence-electron chi connectivity index (χ2n) is 3.64. The third kappa shape index (κ3) is 2.70. The fraction of sp³-hybridized carbons (Fsp3) is 0.167. The first-order chi connectivity index (χ1) is 7.74. The Morgan fingerprint density at radius 1 is 1.25 bits per heavy atom. The van der Waals surface area contributed by atoms with Crippen LogP contribution in [0.25, 0.3) is 0 Å². The summed E-state index contributed by atoms with van der Waals surface area (Å²) >= 11 is 0. The second kappa shape index (κ2) is 4.61. The van der Waals surface area contributed by atoms with Crippen molar-refractivity contribution in [2.75, 3.05) is 5.32 Å². The van der Waals surface area contributed by atoms with Gasteiger partial charge in [-0.25, -0.2) is 0 Å². The first-order valence-corrected chi connectivity index (χ1v) is 5.05. The minimum absolute atomic E-state index is 0.277. The van der Waals surface area contributed by atoms with Crippen LogP contribution in [0.5, 0.6) is 5.75 Å². The van der Waals surface area contributed by atoms with Crippen LogP contribution in [0.1, 0.15) is 11.1 Å². The van der Waals surface area contributed by atoms with E-state index in [2.05, 4.69) is 15.5 Å². The van der Waals surface area contributed by atoms with Gasteiger partial charge in [-0.2, -0.15) is 5.10 Å². The molecule has 0 bridgehead atoms. The summed E-state index contributed by atoms with van der Waals surface area (Å²) in [7, 11) is 0. The molecule has 0 unspecified atom stereocenters. The van der Waals surface area contributed by atoms with Gasteiger partial charge in [-0.15, -0.1) is 5.10 Å². The molecule has 0 radical (unpaired) electrons. The summed E-state index contributed by atoms with van der Waals surface area (Å²) in [6, 6.07) is 9.00. The van der Waals surface area contributed by atoms with Crippen molar-refractivity contribution in [2.24, 2.45) is 0 Å². The second-order valence-corrected chi connectivity index (χ2v) is 3.64. The average molecular weight is 215 g/mol. The van der Waals surface area contributed by atoms with E-state index >= 15 is 0 Å². The van der Waals surface area contributed by atoms with Gasteiger partial charge < -0.3 is 10.4 Å². The van der Waals surface area contributed by atoms with Crippen LogP contribution in [0.3, 0.4) is 0 Å². The Hall–Kier alpha value is -2.10. The molecule has 0 aliphatic heterocycles. The molecule has 0 aliphatic rings. The summed E-state index contributed by atoms with van der Waals surface area (Å²) in [6.07, 6.45) is 1.71. The molecule has 0 amide bonds. The van der Waals surface area contributed by atoms with Gasteiger partial charge in [0.2, 0.25) is 0 Å². The summed E-state index contributed by atoms with van der Waals surface area (Å²) in [6.45, 7) is 2.64. The molecule has 0 saturated carbocycles. The van der Waals surface area contributed by atoms with E-state index in [-0.39, 0.29) is 5.75 Å². The molecule has 0 fully saturated rings. The molecule has 0 aliphatic carbocycles. The van der Waals surface area contributed by atoms with Gasteiger partial charge in [0.05, 0.1) is 6.20 Å². The van der Waals surface area contributed by atoms with Crippen LogP contribution in [-0.2, 0) is 6.54 Å². The van der Waals surface area contributed by atoms with E-state index in [1.54, 1.807) is 18.3 Å². The summed E-state index contributed by atoms with van der Waals surface area (Å²) in [5.74, 6) is 1.03. The SMILES string of the molecule is Cc1cnnc(NCc2ccc(O)cc2)c1. The molecule has 82 valence electrons. The van der Waals surface area contributed by atoms with Gasteiger partial charge >= 0.3 is 0 Å². The topological polar surface area (TPSA) is 58.0 Å². The molecular formula is C12H13N3O. The minimum atomic E-state index is 0.277. The number of rotatable bonds is 3. The lowest BCUT2D eigenvalue weighted by molar-refractivity contribution is 0.475.